The third-order valence-corrected chi connectivity index (χ3v) is 3.61. The SMILES string of the molecule is CCNC(c1sccc1C)C(C)OCC. The molecule has 1 aromatic heterocycles. The molecule has 2 nitrogen and oxygen atoms in total. The Labute approximate surface area is 96.7 Å². The molecule has 1 N–H and O–H groups in total. The van der Waals surface area contributed by atoms with Crippen molar-refractivity contribution in [3.8, 4) is 0 Å². The average Bonchev–Trinajstić information content (AvgIpc) is 2.61. The van der Waals surface area contributed by atoms with Crippen LogP contribution in [0.3, 0.4) is 0 Å². The van der Waals surface area contributed by atoms with Crippen molar-refractivity contribution >= 4 is 11.3 Å². The summed E-state index contributed by atoms with van der Waals surface area (Å²) in [5.41, 5.74) is 1.36. The van der Waals surface area contributed by atoms with E-state index in [9.17, 15) is 0 Å². The first-order valence-electron chi connectivity index (χ1n) is 5.59. The Hall–Kier alpha value is -0.380. The predicted molar refractivity (Wildman–Crippen MR) is 66.6 cm³/mol. The van der Waals surface area contributed by atoms with E-state index in [1.54, 1.807) is 0 Å². The van der Waals surface area contributed by atoms with E-state index < -0.39 is 0 Å². The molecule has 1 heterocycles. The van der Waals surface area contributed by atoms with E-state index in [4.69, 9.17) is 4.74 Å². The lowest BCUT2D eigenvalue weighted by Gasteiger charge is -2.24. The van der Waals surface area contributed by atoms with Gasteiger partial charge in [-0.3, -0.25) is 0 Å². The molecule has 1 rings (SSSR count). The minimum Gasteiger partial charge on any atom is -0.377 e. The highest BCUT2D eigenvalue weighted by Gasteiger charge is 2.21. The van der Waals surface area contributed by atoms with Crippen LogP contribution in [0, 0.1) is 6.92 Å². The van der Waals surface area contributed by atoms with Gasteiger partial charge in [0.25, 0.3) is 0 Å². The van der Waals surface area contributed by atoms with Gasteiger partial charge in [-0.25, -0.2) is 0 Å². The molecule has 0 saturated carbocycles. The molecule has 0 aliphatic carbocycles. The maximum Gasteiger partial charge on any atom is 0.0749 e. The summed E-state index contributed by atoms with van der Waals surface area (Å²) in [5, 5.41) is 5.64. The van der Waals surface area contributed by atoms with Gasteiger partial charge in [-0.05, 0) is 44.3 Å². The maximum atomic E-state index is 5.68. The molecular formula is C12H21NOS. The van der Waals surface area contributed by atoms with Crippen LogP contribution in [0.25, 0.3) is 0 Å². The van der Waals surface area contributed by atoms with Crippen LogP contribution in [0.5, 0.6) is 0 Å². The fraction of sp³-hybridized carbons (Fsp3) is 0.667. The number of hydrogen-bond acceptors (Lipinski definition) is 3. The molecule has 0 aliphatic rings. The molecule has 0 radical (unpaired) electrons. The van der Waals surface area contributed by atoms with Gasteiger partial charge in [-0.1, -0.05) is 6.92 Å². The third kappa shape index (κ3) is 3.30. The van der Waals surface area contributed by atoms with Crippen LogP contribution in [-0.2, 0) is 4.74 Å². The number of likely N-dealkylation sites (N-methyl/N-ethyl adjacent to an activating group) is 1. The molecule has 0 aromatic carbocycles. The fourth-order valence-corrected chi connectivity index (χ4v) is 2.85. The van der Waals surface area contributed by atoms with Gasteiger partial charge in [0.2, 0.25) is 0 Å². The lowest BCUT2D eigenvalue weighted by Crippen LogP contribution is -2.31. The van der Waals surface area contributed by atoms with Crippen LogP contribution in [0.2, 0.25) is 0 Å². The van der Waals surface area contributed by atoms with Gasteiger partial charge in [0.15, 0.2) is 0 Å². The zero-order chi connectivity index (χ0) is 11.3. The standard InChI is InChI=1S/C12H21NOS/c1-5-13-11(10(4)14-6-2)12-9(3)7-8-15-12/h7-8,10-11,13H,5-6H2,1-4H3. The second-order valence-electron chi connectivity index (χ2n) is 3.66. The van der Waals surface area contributed by atoms with Crippen molar-refractivity contribution in [2.24, 2.45) is 0 Å². The van der Waals surface area contributed by atoms with E-state index in [2.05, 4.69) is 37.5 Å². The van der Waals surface area contributed by atoms with Crippen LogP contribution in [0.15, 0.2) is 11.4 Å². The quantitative estimate of drug-likeness (QED) is 0.806. The zero-order valence-corrected chi connectivity index (χ0v) is 10.9. The Balaban J connectivity index is 2.77. The molecule has 15 heavy (non-hydrogen) atoms. The van der Waals surface area contributed by atoms with Gasteiger partial charge < -0.3 is 10.1 Å². The van der Waals surface area contributed by atoms with E-state index in [1.165, 1.54) is 10.4 Å². The van der Waals surface area contributed by atoms with E-state index >= 15 is 0 Å². The maximum absolute atomic E-state index is 5.68. The molecule has 0 fully saturated rings. The van der Waals surface area contributed by atoms with Crippen molar-refractivity contribution in [2.75, 3.05) is 13.2 Å². The normalized spacial score (nSPS) is 15.2. The summed E-state index contributed by atoms with van der Waals surface area (Å²) >= 11 is 1.81. The average molecular weight is 227 g/mol. The summed E-state index contributed by atoms with van der Waals surface area (Å²) in [6.45, 7) is 10.2. The smallest absolute Gasteiger partial charge is 0.0749 e. The molecule has 2 atom stereocenters. The third-order valence-electron chi connectivity index (χ3n) is 2.51. The van der Waals surface area contributed by atoms with E-state index in [0.717, 1.165) is 13.2 Å². The zero-order valence-electron chi connectivity index (χ0n) is 10.0. The largest absolute Gasteiger partial charge is 0.377 e. The number of rotatable bonds is 6. The van der Waals surface area contributed by atoms with Gasteiger partial charge in [-0.2, -0.15) is 0 Å². The van der Waals surface area contributed by atoms with Crippen molar-refractivity contribution in [2.45, 2.75) is 39.8 Å². The van der Waals surface area contributed by atoms with Crippen molar-refractivity contribution in [3.63, 3.8) is 0 Å². The Kier molecular flexibility index (Phi) is 5.29. The molecule has 0 amide bonds. The summed E-state index contributed by atoms with van der Waals surface area (Å²) in [6.07, 6.45) is 0.229. The Morgan fingerprint density at radius 2 is 2.20 bits per heavy atom. The van der Waals surface area contributed by atoms with Crippen LogP contribution in [-0.4, -0.2) is 19.3 Å². The highest BCUT2D eigenvalue weighted by molar-refractivity contribution is 7.10. The van der Waals surface area contributed by atoms with Gasteiger partial charge in [0.1, 0.15) is 0 Å². The van der Waals surface area contributed by atoms with Crippen molar-refractivity contribution in [1.29, 1.82) is 0 Å². The van der Waals surface area contributed by atoms with Crippen LogP contribution in [0.1, 0.15) is 37.3 Å². The summed E-state index contributed by atoms with van der Waals surface area (Å²) in [7, 11) is 0. The fourth-order valence-electron chi connectivity index (χ4n) is 1.75. The Morgan fingerprint density at radius 3 is 2.67 bits per heavy atom. The number of aryl methyl sites for hydroxylation is 1. The summed E-state index contributed by atoms with van der Waals surface area (Å²) in [5.74, 6) is 0. The van der Waals surface area contributed by atoms with E-state index in [-0.39, 0.29) is 6.10 Å². The van der Waals surface area contributed by atoms with Crippen LogP contribution in [0.4, 0.5) is 0 Å². The van der Waals surface area contributed by atoms with Crippen molar-refractivity contribution < 1.29 is 4.74 Å². The molecule has 1 aromatic rings. The number of ether oxygens (including phenoxy) is 1. The lowest BCUT2D eigenvalue weighted by atomic mass is 10.1. The van der Waals surface area contributed by atoms with Crippen molar-refractivity contribution in [1.82, 2.24) is 5.32 Å². The first-order chi connectivity index (χ1) is 7.20. The second kappa shape index (κ2) is 6.26. The monoisotopic (exact) mass is 227 g/mol. The molecule has 0 spiro atoms. The number of hydrogen-bond donors (Lipinski definition) is 1. The second-order valence-corrected chi connectivity index (χ2v) is 4.61. The molecule has 0 saturated heterocycles. The first-order valence-corrected chi connectivity index (χ1v) is 6.47. The minimum atomic E-state index is 0.229. The highest BCUT2D eigenvalue weighted by atomic mass is 32.1. The minimum absolute atomic E-state index is 0.229. The molecule has 86 valence electrons. The van der Waals surface area contributed by atoms with Crippen molar-refractivity contribution in [3.05, 3.63) is 21.9 Å². The summed E-state index contributed by atoms with van der Waals surface area (Å²) in [4.78, 5) is 1.40. The van der Waals surface area contributed by atoms with Gasteiger partial charge >= 0.3 is 0 Å². The van der Waals surface area contributed by atoms with E-state index in [1.807, 2.05) is 18.3 Å². The number of nitrogens with one attached hydrogen (secondary N) is 1. The Bertz CT molecular complexity index is 285. The number of thiophene rings is 1. The molecule has 2 unspecified atom stereocenters. The lowest BCUT2D eigenvalue weighted by molar-refractivity contribution is 0.0484. The molecule has 0 bridgehead atoms. The van der Waals surface area contributed by atoms with E-state index in [0.29, 0.717) is 6.04 Å². The topological polar surface area (TPSA) is 21.3 Å². The van der Waals surface area contributed by atoms with Gasteiger partial charge in [0.05, 0.1) is 12.1 Å². The van der Waals surface area contributed by atoms with Crippen LogP contribution >= 0.6 is 11.3 Å². The molecule has 0 aliphatic heterocycles. The highest BCUT2D eigenvalue weighted by Crippen LogP contribution is 2.27. The van der Waals surface area contributed by atoms with Gasteiger partial charge in [-0.15, -0.1) is 11.3 Å². The Morgan fingerprint density at radius 1 is 1.47 bits per heavy atom. The molecular weight excluding hydrogens is 206 g/mol. The summed E-state index contributed by atoms with van der Waals surface area (Å²) in [6, 6.07) is 2.50. The first kappa shape index (κ1) is 12.7. The molecule has 3 heteroatoms. The summed E-state index contributed by atoms with van der Waals surface area (Å²) < 4.78 is 5.68. The van der Waals surface area contributed by atoms with Gasteiger partial charge in [0, 0.05) is 11.5 Å². The van der Waals surface area contributed by atoms with Crippen LogP contribution < -0.4 is 5.32 Å². The predicted octanol–water partition coefficient (Wildman–Crippen LogP) is 3.13.